The van der Waals surface area contributed by atoms with Crippen molar-refractivity contribution in [1.29, 1.82) is 0 Å². The lowest BCUT2D eigenvalue weighted by atomic mass is 10.0. The standard InChI is InChI=1S/C7H8O3S.C6H11NO2/c1-6-2-4-7(5-3-6)11(8,9)10;1-9-6(8)4-5-2-3-7-5/h2-5H,1H3,(H,8,9,10);5,7H,2-4H2,1H3. The maximum absolute atomic E-state index is 10.6. The van der Waals surface area contributed by atoms with Crippen LogP contribution in [0, 0.1) is 6.92 Å². The summed E-state index contributed by atoms with van der Waals surface area (Å²) in [5, 5.41) is 3.11. The molecule has 0 radical (unpaired) electrons. The van der Waals surface area contributed by atoms with Crippen molar-refractivity contribution < 1.29 is 22.5 Å². The van der Waals surface area contributed by atoms with Crippen LogP contribution in [0.1, 0.15) is 18.4 Å². The minimum Gasteiger partial charge on any atom is -0.469 e. The fraction of sp³-hybridized carbons (Fsp3) is 0.462. The number of nitrogens with one attached hydrogen (secondary N) is 1. The molecule has 0 bridgehead atoms. The molecule has 0 aliphatic carbocycles. The van der Waals surface area contributed by atoms with E-state index in [0.717, 1.165) is 18.5 Å². The molecule has 0 aromatic heterocycles. The highest BCUT2D eigenvalue weighted by molar-refractivity contribution is 7.85. The molecule has 1 aromatic carbocycles. The molecule has 112 valence electrons. The largest absolute Gasteiger partial charge is 0.469 e. The average Bonchev–Trinajstić information content (AvgIpc) is 2.33. The molecule has 20 heavy (non-hydrogen) atoms. The van der Waals surface area contributed by atoms with Crippen molar-refractivity contribution in [2.75, 3.05) is 13.7 Å². The van der Waals surface area contributed by atoms with Crippen molar-refractivity contribution in [3.8, 4) is 0 Å². The predicted octanol–water partition coefficient (Wildman–Crippen LogP) is 1.15. The van der Waals surface area contributed by atoms with Crippen molar-refractivity contribution in [2.24, 2.45) is 0 Å². The van der Waals surface area contributed by atoms with Crippen LogP contribution in [0.25, 0.3) is 0 Å². The second-order valence-corrected chi connectivity index (χ2v) is 5.93. The van der Waals surface area contributed by atoms with Gasteiger partial charge in [0.2, 0.25) is 0 Å². The smallest absolute Gasteiger partial charge is 0.307 e. The summed E-state index contributed by atoms with van der Waals surface area (Å²) in [4.78, 5) is 10.5. The van der Waals surface area contributed by atoms with Crippen LogP contribution in [0.5, 0.6) is 0 Å². The molecule has 1 fully saturated rings. The Morgan fingerprint density at radius 2 is 1.95 bits per heavy atom. The Bertz CT molecular complexity index is 534. The minimum atomic E-state index is -4.02. The number of aryl methyl sites for hydroxylation is 1. The Morgan fingerprint density at radius 1 is 1.40 bits per heavy atom. The molecule has 0 amide bonds. The minimum absolute atomic E-state index is 0.0666. The normalized spacial score (nSPS) is 17.4. The number of methoxy groups -OCH3 is 1. The van der Waals surface area contributed by atoms with Crippen molar-refractivity contribution in [3.05, 3.63) is 29.8 Å². The van der Waals surface area contributed by atoms with Crippen LogP contribution >= 0.6 is 0 Å². The second-order valence-electron chi connectivity index (χ2n) is 4.51. The highest BCUT2D eigenvalue weighted by Gasteiger charge is 2.19. The summed E-state index contributed by atoms with van der Waals surface area (Å²) in [6, 6.07) is 6.37. The zero-order valence-corrected chi connectivity index (χ0v) is 12.3. The number of esters is 1. The Morgan fingerprint density at radius 3 is 2.30 bits per heavy atom. The van der Waals surface area contributed by atoms with Crippen molar-refractivity contribution in [3.63, 3.8) is 0 Å². The first-order chi connectivity index (χ1) is 9.32. The molecule has 1 atom stereocenters. The summed E-state index contributed by atoms with van der Waals surface area (Å²) in [6.45, 7) is 2.88. The highest BCUT2D eigenvalue weighted by Crippen LogP contribution is 2.08. The van der Waals surface area contributed by atoms with Gasteiger partial charge in [0.25, 0.3) is 10.1 Å². The SMILES string of the molecule is COC(=O)CC1CCN1.Cc1ccc(S(=O)(=O)O)cc1. The molecule has 1 unspecified atom stereocenters. The lowest BCUT2D eigenvalue weighted by Crippen LogP contribution is -2.44. The fourth-order valence-electron chi connectivity index (χ4n) is 1.52. The molecule has 0 spiro atoms. The molecular weight excluding hydrogens is 282 g/mol. The third-order valence-electron chi connectivity index (χ3n) is 2.89. The molecule has 7 heteroatoms. The van der Waals surface area contributed by atoms with Gasteiger partial charge in [-0.3, -0.25) is 9.35 Å². The van der Waals surface area contributed by atoms with Gasteiger partial charge >= 0.3 is 5.97 Å². The summed E-state index contributed by atoms with van der Waals surface area (Å²) >= 11 is 0. The van der Waals surface area contributed by atoms with Gasteiger partial charge in [-0.25, -0.2) is 0 Å². The second kappa shape index (κ2) is 7.37. The van der Waals surface area contributed by atoms with Crippen LogP contribution < -0.4 is 5.32 Å². The van der Waals surface area contributed by atoms with Gasteiger partial charge in [0.05, 0.1) is 18.4 Å². The number of hydrogen-bond acceptors (Lipinski definition) is 5. The van der Waals surface area contributed by atoms with Crippen molar-refractivity contribution >= 4 is 16.1 Å². The third-order valence-corrected chi connectivity index (χ3v) is 3.75. The first kappa shape index (κ1) is 16.6. The van der Waals surface area contributed by atoms with E-state index in [9.17, 15) is 13.2 Å². The van der Waals surface area contributed by atoms with Gasteiger partial charge in [0.15, 0.2) is 0 Å². The summed E-state index contributed by atoms with van der Waals surface area (Å²) in [7, 11) is -2.60. The number of carbonyl (C=O) groups excluding carboxylic acids is 1. The highest BCUT2D eigenvalue weighted by atomic mass is 32.2. The Labute approximate surface area is 118 Å². The van der Waals surface area contributed by atoms with E-state index < -0.39 is 10.1 Å². The van der Waals surface area contributed by atoms with Crippen LogP contribution in [0.4, 0.5) is 0 Å². The van der Waals surface area contributed by atoms with E-state index in [-0.39, 0.29) is 10.9 Å². The quantitative estimate of drug-likeness (QED) is 0.643. The fourth-order valence-corrected chi connectivity index (χ4v) is 2.00. The van der Waals surface area contributed by atoms with E-state index in [1.807, 2.05) is 6.92 Å². The summed E-state index contributed by atoms with van der Waals surface area (Å²) in [5.41, 5.74) is 0.956. The Hall–Kier alpha value is -1.44. The predicted molar refractivity (Wildman–Crippen MR) is 74.0 cm³/mol. The van der Waals surface area contributed by atoms with Gasteiger partial charge in [0, 0.05) is 6.04 Å². The average molecular weight is 301 g/mol. The number of ether oxygens (including phenoxy) is 1. The summed E-state index contributed by atoms with van der Waals surface area (Å²) < 4.78 is 34.0. The molecule has 1 aliphatic heterocycles. The van der Waals surface area contributed by atoms with Gasteiger partial charge in [0.1, 0.15) is 0 Å². The molecule has 0 saturated carbocycles. The van der Waals surface area contributed by atoms with E-state index >= 15 is 0 Å². The molecular formula is C13H19NO5S. The topological polar surface area (TPSA) is 92.7 Å². The summed E-state index contributed by atoms with van der Waals surface area (Å²) in [6.07, 6.45) is 1.63. The van der Waals surface area contributed by atoms with Crippen LogP contribution in [-0.4, -0.2) is 38.6 Å². The number of hydrogen-bond donors (Lipinski definition) is 2. The first-order valence-corrected chi connectivity index (χ1v) is 7.61. The van der Waals surface area contributed by atoms with Crippen LogP contribution in [0.2, 0.25) is 0 Å². The van der Waals surface area contributed by atoms with E-state index in [0.29, 0.717) is 12.5 Å². The van der Waals surface area contributed by atoms with Gasteiger partial charge in [-0.1, -0.05) is 17.7 Å². The number of rotatable bonds is 3. The van der Waals surface area contributed by atoms with Gasteiger partial charge < -0.3 is 10.1 Å². The van der Waals surface area contributed by atoms with Crippen LogP contribution in [-0.2, 0) is 19.6 Å². The molecule has 1 aromatic rings. The maximum atomic E-state index is 10.6. The lowest BCUT2D eigenvalue weighted by molar-refractivity contribution is -0.141. The Kier molecular flexibility index (Phi) is 6.12. The number of benzene rings is 1. The van der Waals surface area contributed by atoms with E-state index in [4.69, 9.17) is 4.55 Å². The van der Waals surface area contributed by atoms with Gasteiger partial charge in [-0.05, 0) is 32.0 Å². The molecule has 1 saturated heterocycles. The van der Waals surface area contributed by atoms with Crippen molar-refractivity contribution in [1.82, 2.24) is 5.32 Å². The summed E-state index contributed by atoms with van der Waals surface area (Å²) in [5.74, 6) is -0.118. The zero-order chi connectivity index (χ0) is 15.2. The lowest BCUT2D eigenvalue weighted by Gasteiger charge is -2.26. The molecule has 1 aliphatic rings. The maximum Gasteiger partial charge on any atom is 0.307 e. The van der Waals surface area contributed by atoms with E-state index in [1.54, 1.807) is 12.1 Å². The third kappa shape index (κ3) is 5.68. The first-order valence-electron chi connectivity index (χ1n) is 6.17. The van der Waals surface area contributed by atoms with Gasteiger partial charge in [-0.2, -0.15) is 8.42 Å². The van der Waals surface area contributed by atoms with Crippen LogP contribution in [0.15, 0.2) is 29.2 Å². The monoisotopic (exact) mass is 301 g/mol. The zero-order valence-electron chi connectivity index (χ0n) is 11.5. The molecule has 1 heterocycles. The number of carbonyl (C=O) groups is 1. The Balaban J connectivity index is 0.000000204. The van der Waals surface area contributed by atoms with Gasteiger partial charge in [-0.15, -0.1) is 0 Å². The molecule has 2 N–H and O–H groups in total. The van der Waals surface area contributed by atoms with E-state index in [1.165, 1.54) is 19.2 Å². The van der Waals surface area contributed by atoms with Crippen LogP contribution in [0.3, 0.4) is 0 Å². The molecule has 2 rings (SSSR count). The molecule has 6 nitrogen and oxygen atoms in total. The van der Waals surface area contributed by atoms with E-state index in [2.05, 4.69) is 10.1 Å². The van der Waals surface area contributed by atoms with Crippen molar-refractivity contribution in [2.45, 2.75) is 30.7 Å².